The van der Waals surface area contributed by atoms with E-state index in [4.69, 9.17) is 14.7 Å². The normalized spacial score (nSPS) is 18.4. The largest absolute Gasteiger partial charge is 0.349 e. The fourth-order valence-electron chi connectivity index (χ4n) is 1.25. The average molecular weight is 184 g/mol. The van der Waals surface area contributed by atoms with E-state index in [9.17, 15) is 0 Å². The van der Waals surface area contributed by atoms with E-state index in [1.807, 2.05) is 4.90 Å². The number of hydrogen-bond donors (Lipinski definition) is 0. The van der Waals surface area contributed by atoms with Crippen molar-refractivity contribution in [3.05, 3.63) is 0 Å². The van der Waals surface area contributed by atoms with Crippen LogP contribution in [0.4, 0.5) is 0 Å². The first-order valence-electron chi connectivity index (χ1n) is 4.58. The third-order valence-electron chi connectivity index (χ3n) is 2.08. The molecule has 0 unspecified atom stereocenters. The first-order chi connectivity index (χ1) is 6.24. The van der Waals surface area contributed by atoms with E-state index in [1.165, 1.54) is 0 Å². The highest BCUT2D eigenvalue weighted by atomic mass is 16.7. The molecule has 1 heterocycles. The van der Waals surface area contributed by atoms with Gasteiger partial charge < -0.3 is 9.47 Å². The van der Waals surface area contributed by atoms with E-state index in [1.54, 1.807) is 0 Å². The van der Waals surface area contributed by atoms with E-state index < -0.39 is 0 Å². The molecule has 1 saturated heterocycles. The van der Waals surface area contributed by atoms with Crippen LogP contribution in [-0.4, -0.2) is 43.5 Å². The Kier molecular flexibility index (Phi) is 4.16. The smallest absolute Gasteiger partial charge is 0.170 e. The Bertz CT molecular complexity index is 183. The maximum Gasteiger partial charge on any atom is 0.170 e. The molecule has 13 heavy (non-hydrogen) atoms. The highest BCUT2D eigenvalue weighted by Crippen LogP contribution is 2.07. The lowest BCUT2D eigenvalue weighted by Gasteiger charge is -2.25. The standard InChI is InChI=1S/C9H16N2O2/c1-8(2)11(4-3-10)7-9-12-5-6-13-9/h8-9H,4-7H2,1-2H3. The van der Waals surface area contributed by atoms with Gasteiger partial charge in [-0.3, -0.25) is 4.90 Å². The minimum atomic E-state index is -0.143. The summed E-state index contributed by atoms with van der Waals surface area (Å²) >= 11 is 0. The number of rotatable bonds is 4. The summed E-state index contributed by atoms with van der Waals surface area (Å²) in [6, 6.07) is 2.49. The Labute approximate surface area is 79.0 Å². The Balaban J connectivity index is 2.33. The topological polar surface area (TPSA) is 45.5 Å². The third-order valence-corrected chi connectivity index (χ3v) is 2.08. The highest BCUT2D eigenvalue weighted by molar-refractivity contribution is 4.79. The molecule has 0 bridgehead atoms. The fourth-order valence-corrected chi connectivity index (χ4v) is 1.25. The van der Waals surface area contributed by atoms with Gasteiger partial charge in [0.1, 0.15) is 0 Å². The maximum atomic E-state index is 8.59. The van der Waals surface area contributed by atoms with Crippen LogP contribution in [0.3, 0.4) is 0 Å². The van der Waals surface area contributed by atoms with E-state index in [2.05, 4.69) is 19.9 Å². The summed E-state index contributed by atoms with van der Waals surface area (Å²) in [5.41, 5.74) is 0. The van der Waals surface area contributed by atoms with Crippen molar-refractivity contribution in [3.63, 3.8) is 0 Å². The van der Waals surface area contributed by atoms with Gasteiger partial charge in [0.25, 0.3) is 0 Å². The lowest BCUT2D eigenvalue weighted by Crippen LogP contribution is -2.38. The molecule has 1 aliphatic heterocycles. The van der Waals surface area contributed by atoms with Crippen LogP contribution in [0.5, 0.6) is 0 Å². The molecular weight excluding hydrogens is 168 g/mol. The monoisotopic (exact) mass is 184 g/mol. The van der Waals surface area contributed by atoms with Crippen LogP contribution >= 0.6 is 0 Å². The predicted octanol–water partition coefficient (Wildman–Crippen LogP) is 0.593. The summed E-state index contributed by atoms with van der Waals surface area (Å²) in [5.74, 6) is 0. The van der Waals surface area contributed by atoms with Gasteiger partial charge >= 0.3 is 0 Å². The molecule has 1 fully saturated rings. The second-order valence-corrected chi connectivity index (χ2v) is 3.35. The lowest BCUT2D eigenvalue weighted by molar-refractivity contribution is -0.0643. The number of ether oxygens (including phenoxy) is 2. The maximum absolute atomic E-state index is 8.59. The molecule has 0 amide bonds. The Morgan fingerprint density at radius 2 is 2.08 bits per heavy atom. The summed E-state index contributed by atoms with van der Waals surface area (Å²) in [4.78, 5) is 2.04. The fraction of sp³-hybridized carbons (Fsp3) is 0.889. The van der Waals surface area contributed by atoms with Crippen molar-refractivity contribution in [2.45, 2.75) is 26.2 Å². The minimum absolute atomic E-state index is 0.143. The number of nitriles is 1. The van der Waals surface area contributed by atoms with Gasteiger partial charge in [-0.1, -0.05) is 0 Å². The molecule has 0 radical (unpaired) electrons. The zero-order valence-electron chi connectivity index (χ0n) is 8.19. The van der Waals surface area contributed by atoms with Crippen LogP contribution in [0.2, 0.25) is 0 Å². The molecule has 1 aliphatic rings. The molecule has 0 saturated carbocycles. The van der Waals surface area contributed by atoms with Gasteiger partial charge in [-0.15, -0.1) is 0 Å². The summed E-state index contributed by atoms with van der Waals surface area (Å²) in [6.07, 6.45) is -0.143. The molecule has 0 aliphatic carbocycles. The SMILES string of the molecule is CC(C)N(CC#N)CC1OCCO1. The summed E-state index contributed by atoms with van der Waals surface area (Å²) in [6.45, 7) is 6.58. The summed E-state index contributed by atoms with van der Waals surface area (Å²) in [7, 11) is 0. The summed E-state index contributed by atoms with van der Waals surface area (Å²) in [5, 5.41) is 8.59. The zero-order valence-corrected chi connectivity index (χ0v) is 8.19. The Morgan fingerprint density at radius 3 is 2.54 bits per heavy atom. The van der Waals surface area contributed by atoms with Crippen LogP contribution in [0.15, 0.2) is 0 Å². The molecule has 0 aromatic carbocycles. The van der Waals surface area contributed by atoms with Gasteiger partial charge in [-0.25, -0.2) is 0 Å². The third kappa shape index (κ3) is 3.31. The van der Waals surface area contributed by atoms with Crippen molar-refractivity contribution < 1.29 is 9.47 Å². The highest BCUT2D eigenvalue weighted by Gasteiger charge is 2.20. The van der Waals surface area contributed by atoms with Crippen molar-refractivity contribution in [1.82, 2.24) is 4.90 Å². The Hall–Kier alpha value is -0.630. The average Bonchev–Trinajstić information content (AvgIpc) is 2.56. The van der Waals surface area contributed by atoms with Gasteiger partial charge in [0.15, 0.2) is 6.29 Å². The molecule has 0 N–H and O–H groups in total. The predicted molar refractivity (Wildman–Crippen MR) is 48.0 cm³/mol. The molecule has 74 valence electrons. The molecular formula is C9H16N2O2. The van der Waals surface area contributed by atoms with Gasteiger partial charge in [0.05, 0.1) is 32.4 Å². The van der Waals surface area contributed by atoms with Gasteiger partial charge in [0.2, 0.25) is 0 Å². The molecule has 0 aromatic heterocycles. The van der Waals surface area contributed by atoms with Crippen LogP contribution < -0.4 is 0 Å². The van der Waals surface area contributed by atoms with Crippen LogP contribution in [0, 0.1) is 11.3 Å². The molecule has 4 heteroatoms. The molecule has 0 atom stereocenters. The van der Waals surface area contributed by atoms with E-state index in [0.29, 0.717) is 32.3 Å². The summed E-state index contributed by atoms with van der Waals surface area (Å²) < 4.78 is 10.6. The van der Waals surface area contributed by atoms with E-state index in [0.717, 1.165) is 0 Å². The second-order valence-electron chi connectivity index (χ2n) is 3.35. The number of hydrogen-bond acceptors (Lipinski definition) is 4. The minimum Gasteiger partial charge on any atom is -0.349 e. The molecule has 1 rings (SSSR count). The Morgan fingerprint density at radius 1 is 1.46 bits per heavy atom. The van der Waals surface area contributed by atoms with Crippen LogP contribution in [0.25, 0.3) is 0 Å². The van der Waals surface area contributed by atoms with Crippen molar-refractivity contribution in [3.8, 4) is 6.07 Å². The van der Waals surface area contributed by atoms with Crippen LogP contribution in [-0.2, 0) is 9.47 Å². The van der Waals surface area contributed by atoms with Gasteiger partial charge in [-0.05, 0) is 13.8 Å². The van der Waals surface area contributed by atoms with Gasteiger partial charge in [-0.2, -0.15) is 5.26 Å². The molecule has 0 aromatic rings. The lowest BCUT2D eigenvalue weighted by atomic mass is 10.3. The van der Waals surface area contributed by atoms with Crippen molar-refractivity contribution >= 4 is 0 Å². The van der Waals surface area contributed by atoms with E-state index >= 15 is 0 Å². The van der Waals surface area contributed by atoms with E-state index in [-0.39, 0.29) is 6.29 Å². The number of nitrogens with zero attached hydrogens (tertiary/aromatic N) is 2. The van der Waals surface area contributed by atoms with Crippen molar-refractivity contribution in [2.24, 2.45) is 0 Å². The van der Waals surface area contributed by atoms with Gasteiger partial charge in [0, 0.05) is 6.04 Å². The zero-order chi connectivity index (χ0) is 9.68. The van der Waals surface area contributed by atoms with Crippen molar-refractivity contribution in [1.29, 1.82) is 5.26 Å². The first-order valence-corrected chi connectivity index (χ1v) is 4.58. The molecule has 0 spiro atoms. The molecule has 4 nitrogen and oxygen atoms in total. The first kappa shape index (κ1) is 10.5. The second kappa shape index (κ2) is 5.18. The van der Waals surface area contributed by atoms with Crippen LogP contribution in [0.1, 0.15) is 13.8 Å². The quantitative estimate of drug-likeness (QED) is 0.600. The van der Waals surface area contributed by atoms with Crippen molar-refractivity contribution in [2.75, 3.05) is 26.3 Å².